The Morgan fingerprint density at radius 3 is 2.35 bits per heavy atom. The van der Waals surface area contributed by atoms with Crippen molar-refractivity contribution in [1.29, 1.82) is 0 Å². The van der Waals surface area contributed by atoms with Gasteiger partial charge in [0.15, 0.2) is 0 Å². The predicted molar refractivity (Wildman–Crippen MR) is 91.5 cm³/mol. The molecule has 122 valence electrons. The first-order chi connectivity index (χ1) is 11.3. The summed E-state index contributed by atoms with van der Waals surface area (Å²) >= 11 is 0. The summed E-state index contributed by atoms with van der Waals surface area (Å²) < 4.78 is 18.7. The van der Waals surface area contributed by atoms with Gasteiger partial charge in [0.25, 0.3) is 0 Å². The van der Waals surface area contributed by atoms with Crippen LogP contribution in [0, 0.1) is 5.82 Å². The fraction of sp³-hybridized carbons (Fsp3) is 0.368. The van der Waals surface area contributed by atoms with Crippen LogP contribution in [-0.4, -0.2) is 37.7 Å². The van der Waals surface area contributed by atoms with Crippen molar-refractivity contribution in [2.45, 2.75) is 13.5 Å². The molecule has 0 aromatic heterocycles. The van der Waals surface area contributed by atoms with Crippen molar-refractivity contribution >= 4 is 5.69 Å². The van der Waals surface area contributed by atoms with Crippen molar-refractivity contribution in [2.75, 3.05) is 37.7 Å². The van der Waals surface area contributed by atoms with Crippen LogP contribution in [0.25, 0.3) is 0 Å². The van der Waals surface area contributed by atoms with Crippen molar-refractivity contribution in [2.24, 2.45) is 0 Å². The number of anilines is 1. The lowest BCUT2D eigenvalue weighted by atomic mass is 10.2. The van der Waals surface area contributed by atoms with Gasteiger partial charge in [-0.1, -0.05) is 24.3 Å². The summed E-state index contributed by atoms with van der Waals surface area (Å²) in [6, 6.07) is 15.0. The first-order valence-electron chi connectivity index (χ1n) is 8.20. The minimum absolute atomic E-state index is 0.175. The molecule has 1 fully saturated rings. The Bertz CT molecular complexity index is 622. The third kappa shape index (κ3) is 4.02. The lowest BCUT2D eigenvalue weighted by molar-refractivity contribution is 0.248. The molecule has 1 heterocycles. The van der Waals surface area contributed by atoms with Gasteiger partial charge in [0.2, 0.25) is 0 Å². The quantitative estimate of drug-likeness (QED) is 0.839. The number of benzene rings is 2. The molecule has 0 spiro atoms. The summed E-state index contributed by atoms with van der Waals surface area (Å²) in [5.74, 6) is 0.785. The van der Waals surface area contributed by atoms with Crippen LogP contribution in [0.2, 0.25) is 0 Å². The van der Waals surface area contributed by atoms with Crippen LogP contribution in [0.4, 0.5) is 10.1 Å². The average molecular weight is 314 g/mol. The topological polar surface area (TPSA) is 15.7 Å². The van der Waals surface area contributed by atoms with Crippen LogP contribution < -0.4 is 9.64 Å². The van der Waals surface area contributed by atoms with Crippen LogP contribution in [-0.2, 0) is 6.54 Å². The molecule has 1 saturated heterocycles. The lowest BCUT2D eigenvalue weighted by Gasteiger charge is -2.36. The Labute approximate surface area is 137 Å². The Morgan fingerprint density at radius 2 is 1.65 bits per heavy atom. The molecule has 2 aromatic rings. The van der Waals surface area contributed by atoms with E-state index in [9.17, 15) is 4.39 Å². The minimum atomic E-state index is -0.175. The molecule has 0 aliphatic carbocycles. The Hall–Kier alpha value is -2.07. The highest BCUT2D eigenvalue weighted by Crippen LogP contribution is 2.28. The molecule has 0 radical (unpaired) electrons. The summed E-state index contributed by atoms with van der Waals surface area (Å²) in [4.78, 5) is 4.79. The zero-order chi connectivity index (χ0) is 16.1. The standard InChI is InChI=1S/C19H23FN2O/c1-2-23-19-6-4-3-5-18(19)22-13-11-21(12-14-22)15-16-7-9-17(20)10-8-16/h3-10H,2,11-15H2,1H3. The summed E-state index contributed by atoms with van der Waals surface area (Å²) in [5.41, 5.74) is 2.34. The molecular weight excluding hydrogens is 291 g/mol. The van der Waals surface area contributed by atoms with Crippen molar-refractivity contribution < 1.29 is 9.13 Å². The largest absolute Gasteiger partial charge is 0.492 e. The summed E-state index contributed by atoms with van der Waals surface area (Å²) in [6.45, 7) is 7.52. The highest BCUT2D eigenvalue weighted by molar-refractivity contribution is 5.58. The number of halogens is 1. The number of piperazine rings is 1. The molecule has 23 heavy (non-hydrogen) atoms. The van der Waals surface area contributed by atoms with Gasteiger partial charge in [-0.2, -0.15) is 0 Å². The Kier molecular flexibility index (Phi) is 5.13. The minimum Gasteiger partial charge on any atom is -0.492 e. The van der Waals surface area contributed by atoms with E-state index < -0.39 is 0 Å². The third-order valence-electron chi connectivity index (χ3n) is 4.20. The zero-order valence-corrected chi connectivity index (χ0v) is 13.5. The number of hydrogen-bond donors (Lipinski definition) is 0. The molecule has 3 nitrogen and oxygen atoms in total. The number of nitrogens with zero attached hydrogens (tertiary/aromatic N) is 2. The van der Waals surface area contributed by atoms with Crippen LogP contribution in [0.1, 0.15) is 12.5 Å². The predicted octanol–water partition coefficient (Wildman–Crippen LogP) is 3.55. The van der Waals surface area contributed by atoms with E-state index in [1.165, 1.54) is 17.8 Å². The van der Waals surface area contributed by atoms with E-state index >= 15 is 0 Å². The maximum atomic E-state index is 13.0. The number of para-hydroxylation sites is 2. The highest BCUT2D eigenvalue weighted by atomic mass is 19.1. The zero-order valence-electron chi connectivity index (χ0n) is 13.5. The van der Waals surface area contributed by atoms with Gasteiger partial charge in [-0.15, -0.1) is 0 Å². The molecule has 0 atom stereocenters. The average Bonchev–Trinajstić information content (AvgIpc) is 2.59. The molecular formula is C19H23FN2O. The SMILES string of the molecule is CCOc1ccccc1N1CCN(Cc2ccc(F)cc2)CC1. The van der Waals surface area contributed by atoms with E-state index in [0.29, 0.717) is 6.61 Å². The fourth-order valence-corrected chi connectivity index (χ4v) is 2.99. The van der Waals surface area contributed by atoms with Crippen LogP contribution >= 0.6 is 0 Å². The summed E-state index contributed by atoms with van der Waals surface area (Å²) in [6.07, 6.45) is 0. The number of ether oxygens (including phenoxy) is 1. The van der Waals surface area contributed by atoms with Crippen molar-refractivity contribution in [3.05, 3.63) is 59.9 Å². The molecule has 2 aromatic carbocycles. The van der Waals surface area contributed by atoms with Gasteiger partial charge in [0.05, 0.1) is 12.3 Å². The Morgan fingerprint density at radius 1 is 0.957 bits per heavy atom. The molecule has 0 saturated carbocycles. The molecule has 3 rings (SSSR count). The van der Waals surface area contributed by atoms with E-state index in [-0.39, 0.29) is 5.82 Å². The third-order valence-corrected chi connectivity index (χ3v) is 4.20. The second-order valence-electron chi connectivity index (χ2n) is 5.79. The second kappa shape index (κ2) is 7.47. The second-order valence-corrected chi connectivity index (χ2v) is 5.79. The summed E-state index contributed by atoms with van der Waals surface area (Å²) in [5, 5.41) is 0. The van der Waals surface area contributed by atoms with Gasteiger partial charge >= 0.3 is 0 Å². The maximum Gasteiger partial charge on any atom is 0.142 e. The van der Waals surface area contributed by atoms with E-state index in [2.05, 4.69) is 21.9 Å². The molecule has 1 aliphatic rings. The van der Waals surface area contributed by atoms with Gasteiger partial charge in [0.1, 0.15) is 11.6 Å². The Balaban J connectivity index is 1.59. The van der Waals surface area contributed by atoms with Gasteiger partial charge in [-0.25, -0.2) is 4.39 Å². The van der Waals surface area contributed by atoms with E-state index in [0.717, 1.165) is 44.0 Å². The molecule has 0 amide bonds. The van der Waals surface area contributed by atoms with E-state index in [4.69, 9.17) is 4.74 Å². The van der Waals surface area contributed by atoms with Crippen molar-refractivity contribution in [3.8, 4) is 5.75 Å². The van der Waals surface area contributed by atoms with E-state index in [1.807, 2.05) is 31.2 Å². The van der Waals surface area contributed by atoms with Crippen molar-refractivity contribution in [3.63, 3.8) is 0 Å². The fourth-order valence-electron chi connectivity index (χ4n) is 2.99. The van der Waals surface area contributed by atoms with Crippen molar-refractivity contribution in [1.82, 2.24) is 4.90 Å². The van der Waals surface area contributed by atoms with Gasteiger partial charge in [0, 0.05) is 32.7 Å². The molecule has 0 bridgehead atoms. The molecule has 1 aliphatic heterocycles. The van der Waals surface area contributed by atoms with Crippen LogP contribution in [0.3, 0.4) is 0 Å². The molecule has 0 N–H and O–H groups in total. The van der Waals surface area contributed by atoms with Gasteiger partial charge in [-0.3, -0.25) is 4.90 Å². The normalized spacial score (nSPS) is 15.7. The smallest absolute Gasteiger partial charge is 0.142 e. The van der Waals surface area contributed by atoms with Gasteiger partial charge < -0.3 is 9.64 Å². The number of hydrogen-bond acceptors (Lipinski definition) is 3. The van der Waals surface area contributed by atoms with Crippen LogP contribution in [0.5, 0.6) is 5.75 Å². The maximum absolute atomic E-state index is 13.0. The monoisotopic (exact) mass is 314 g/mol. The van der Waals surface area contributed by atoms with E-state index in [1.54, 1.807) is 0 Å². The van der Waals surface area contributed by atoms with Crippen LogP contribution in [0.15, 0.2) is 48.5 Å². The highest BCUT2D eigenvalue weighted by Gasteiger charge is 2.19. The van der Waals surface area contributed by atoms with Gasteiger partial charge in [-0.05, 0) is 36.8 Å². The first kappa shape index (κ1) is 15.8. The molecule has 0 unspecified atom stereocenters. The first-order valence-corrected chi connectivity index (χ1v) is 8.20. The molecule has 4 heteroatoms. The summed E-state index contributed by atoms with van der Waals surface area (Å²) in [7, 11) is 0. The number of rotatable bonds is 5. The lowest BCUT2D eigenvalue weighted by Crippen LogP contribution is -2.46.